The molecule has 0 spiro atoms. The number of carbonyl (C=O) groups excluding carboxylic acids is 1. The number of fused-ring (bicyclic) bond motifs is 1. The first-order chi connectivity index (χ1) is 14.2. The third-order valence-electron chi connectivity index (χ3n) is 5.51. The Morgan fingerprint density at radius 1 is 1.10 bits per heavy atom. The van der Waals surface area contributed by atoms with E-state index in [9.17, 15) is 4.79 Å². The quantitative estimate of drug-likeness (QED) is 0.539. The Morgan fingerprint density at radius 2 is 1.93 bits per heavy atom. The van der Waals surface area contributed by atoms with Crippen LogP contribution in [0.3, 0.4) is 0 Å². The SMILES string of the molecule is O=C(c1ccccc1Cl)N1N=C2/C(=C\c3ccco3)CCC[C@H]2[C@H]1c1ccco1. The predicted molar refractivity (Wildman–Crippen MR) is 111 cm³/mol. The van der Waals surface area contributed by atoms with E-state index < -0.39 is 0 Å². The van der Waals surface area contributed by atoms with Crippen molar-refractivity contribution in [1.82, 2.24) is 5.01 Å². The zero-order valence-corrected chi connectivity index (χ0v) is 16.4. The van der Waals surface area contributed by atoms with Crippen LogP contribution < -0.4 is 0 Å². The maximum Gasteiger partial charge on any atom is 0.276 e. The molecule has 1 aliphatic carbocycles. The Labute approximate surface area is 173 Å². The van der Waals surface area contributed by atoms with E-state index in [4.69, 9.17) is 25.5 Å². The number of hydrazone groups is 1. The molecule has 1 saturated carbocycles. The van der Waals surface area contributed by atoms with Crippen LogP contribution in [0.5, 0.6) is 0 Å². The second kappa shape index (κ2) is 7.41. The monoisotopic (exact) mass is 406 g/mol. The first-order valence-corrected chi connectivity index (χ1v) is 10.0. The number of benzene rings is 1. The Hall–Kier alpha value is -3.05. The molecular formula is C23H19ClN2O3. The summed E-state index contributed by atoms with van der Waals surface area (Å²) in [5.74, 6) is 1.36. The van der Waals surface area contributed by atoms with Gasteiger partial charge in [-0.25, -0.2) is 5.01 Å². The highest BCUT2D eigenvalue weighted by Gasteiger charge is 2.45. The standard InChI is InChI=1S/C23H19ClN2O3/c24-19-10-2-1-8-17(19)23(27)26-22(20-11-5-13-29-20)18-9-3-6-15(21(18)25-26)14-16-7-4-12-28-16/h1-2,4-5,7-8,10-14,18,22H,3,6,9H2/b15-14-/t18-,22+/m1/s1. The molecule has 2 atom stereocenters. The second-order valence-electron chi connectivity index (χ2n) is 7.26. The molecule has 0 N–H and O–H groups in total. The number of hydrogen-bond donors (Lipinski definition) is 0. The van der Waals surface area contributed by atoms with Crippen LogP contribution in [0.2, 0.25) is 5.02 Å². The molecule has 1 fully saturated rings. The lowest BCUT2D eigenvalue weighted by Gasteiger charge is -2.27. The summed E-state index contributed by atoms with van der Waals surface area (Å²) in [7, 11) is 0. The third-order valence-corrected chi connectivity index (χ3v) is 5.84. The maximum atomic E-state index is 13.4. The molecule has 146 valence electrons. The Morgan fingerprint density at radius 3 is 2.69 bits per heavy atom. The minimum atomic E-state index is -0.288. The van der Waals surface area contributed by atoms with Crippen molar-refractivity contribution in [3.8, 4) is 0 Å². The Balaban J connectivity index is 1.59. The van der Waals surface area contributed by atoms with Crippen LogP contribution in [-0.2, 0) is 0 Å². The molecule has 3 heterocycles. The fourth-order valence-electron chi connectivity index (χ4n) is 4.21. The summed E-state index contributed by atoms with van der Waals surface area (Å²) < 4.78 is 11.2. The molecule has 1 aromatic carbocycles. The van der Waals surface area contributed by atoms with Crippen LogP contribution in [-0.4, -0.2) is 16.6 Å². The van der Waals surface area contributed by atoms with Gasteiger partial charge in [0.15, 0.2) is 0 Å². The molecule has 5 nitrogen and oxygen atoms in total. The molecule has 0 saturated heterocycles. The van der Waals surface area contributed by atoms with Crippen LogP contribution >= 0.6 is 11.6 Å². The van der Waals surface area contributed by atoms with Crippen molar-refractivity contribution < 1.29 is 13.6 Å². The van der Waals surface area contributed by atoms with Gasteiger partial charge < -0.3 is 8.83 Å². The summed E-state index contributed by atoms with van der Waals surface area (Å²) in [4.78, 5) is 13.4. The number of amides is 1. The molecule has 0 unspecified atom stereocenters. The number of nitrogens with zero attached hydrogens (tertiary/aromatic N) is 2. The number of allylic oxidation sites excluding steroid dienone is 1. The van der Waals surface area contributed by atoms with E-state index in [2.05, 4.69) is 0 Å². The smallest absolute Gasteiger partial charge is 0.276 e. The topological polar surface area (TPSA) is 59.0 Å². The first-order valence-electron chi connectivity index (χ1n) is 9.67. The summed E-state index contributed by atoms with van der Waals surface area (Å²) in [5.41, 5.74) is 2.46. The van der Waals surface area contributed by atoms with Gasteiger partial charge in [-0.3, -0.25) is 4.79 Å². The number of carbonyl (C=O) groups is 1. The van der Waals surface area contributed by atoms with Crippen molar-refractivity contribution >= 4 is 29.3 Å². The highest BCUT2D eigenvalue weighted by atomic mass is 35.5. The molecule has 6 heteroatoms. The van der Waals surface area contributed by atoms with E-state index in [0.29, 0.717) is 10.6 Å². The second-order valence-corrected chi connectivity index (χ2v) is 7.67. The lowest BCUT2D eigenvalue weighted by atomic mass is 9.79. The molecule has 0 radical (unpaired) electrons. The van der Waals surface area contributed by atoms with Gasteiger partial charge in [0.25, 0.3) is 5.91 Å². The minimum Gasteiger partial charge on any atom is -0.467 e. The van der Waals surface area contributed by atoms with Crippen LogP contribution in [0.25, 0.3) is 6.08 Å². The normalized spacial score (nSPS) is 22.6. The highest BCUT2D eigenvalue weighted by molar-refractivity contribution is 6.33. The fraction of sp³-hybridized carbons (Fsp3) is 0.217. The average Bonchev–Trinajstić information content (AvgIpc) is 3.48. The van der Waals surface area contributed by atoms with Gasteiger partial charge in [-0.15, -0.1) is 0 Å². The van der Waals surface area contributed by atoms with Gasteiger partial charge in [0, 0.05) is 5.92 Å². The number of halogens is 1. The highest BCUT2D eigenvalue weighted by Crippen LogP contribution is 2.45. The summed E-state index contributed by atoms with van der Waals surface area (Å²) >= 11 is 6.30. The van der Waals surface area contributed by atoms with Crippen LogP contribution in [0.4, 0.5) is 0 Å². The molecule has 3 aromatic rings. The zero-order valence-electron chi connectivity index (χ0n) is 15.6. The van der Waals surface area contributed by atoms with E-state index in [0.717, 1.165) is 42.1 Å². The Bertz CT molecular complexity index is 1080. The zero-order chi connectivity index (χ0) is 19.8. The van der Waals surface area contributed by atoms with Crippen molar-refractivity contribution in [1.29, 1.82) is 0 Å². The summed E-state index contributed by atoms with van der Waals surface area (Å²) in [6, 6.07) is 14.3. The molecule has 2 aromatic heterocycles. The summed E-state index contributed by atoms with van der Waals surface area (Å²) in [6.45, 7) is 0. The average molecular weight is 407 g/mol. The lowest BCUT2D eigenvalue weighted by molar-refractivity contribution is 0.0656. The molecule has 0 bridgehead atoms. The number of hydrogen-bond acceptors (Lipinski definition) is 4. The van der Waals surface area contributed by atoms with Crippen molar-refractivity contribution in [3.63, 3.8) is 0 Å². The molecular weight excluding hydrogens is 388 g/mol. The summed E-state index contributed by atoms with van der Waals surface area (Å²) in [6.07, 6.45) is 8.16. The lowest BCUT2D eigenvalue weighted by Crippen LogP contribution is -2.31. The van der Waals surface area contributed by atoms with Gasteiger partial charge in [0.1, 0.15) is 17.6 Å². The molecule has 1 aliphatic heterocycles. The maximum absolute atomic E-state index is 13.4. The van der Waals surface area contributed by atoms with Gasteiger partial charge in [-0.05, 0) is 67.3 Å². The minimum absolute atomic E-state index is 0.0718. The third kappa shape index (κ3) is 3.21. The van der Waals surface area contributed by atoms with Crippen LogP contribution in [0, 0.1) is 5.92 Å². The van der Waals surface area contributed by atoms with Gasteiger partial charge in [-0.2, -0.15) is 5.10 Å². The summed E-state index contributed by atoms with van der Waals surface area (Å²) in [5, 5.41) is 6.76. The van der Waals surface area contributed by atoms with Crippen molar-refractivity contribution in [2.24, 2.45) is 11.0 Å². The van der Waals surface area contributed by atoms with Gasteiger partial charge in [0.05, 0.1) is 28.8 Å². The molecule has 2 aliphatic rings. The van der Waals surface area contributed by atoms with Crippen molar-refractivity contribution in [2.75, 3.05) is 0 Å². The first kappa shape index (κ1) is 18.0. The van der Waals surface area contributed by atoms with E-state index in [1.54, 1.807) is 35.7 Å². The van der Waals surface area contributed by atoms with Gasteiger partial charge in [-0.1, -0.05) is 23.7 Å². The van der Waals surface area contributed by atoms with Crippen LogP contribution in [0.1, 0.15) is 47.2 Å². The molecule has 29 heavy (non-hydrogen) atoms. The van der Waals surface area contributed by atoms with Crippen molar-refractivity contribution in [3.05, 3.63) is 88.7 Å². The van der Waals surface area contributed by atoms with E-state index in [1.807, 2.05) is 36.4 Å². The van der Waals surface area contributed by atoms with E-state index >= 15 is 0 Å². The largest absolute Gasteiger partial charge is 0.467 e. The molecule has 1 amide bonds. The van der Waals surface area contributed by atoms with E-state index in [1.165, 1.54) is 0 Å². The van der Waals surface area contributed by atoms with Gasteiger partial charge >= 0.3 is 0 Å². The van der Waals surface area contributed by atoms with Crippen molar-refractivity contribution in [2.45, 2.75) is 25.3 Å². The number of rotatable bonds is 3. The number of furan rings is 2. The fourth-order valence-corrected chi connectivity index (χ4v) is 4.43. The van der Waals surface area contributed by atoms with Gasteiger partial charge in [0.2, 0.25) is 0 Å². The Kier molecular flexibility index (Phi) is 4.60. The molecule has 5 rings (SSSR count). The van der Waals surface area contributed by atoms with E-state index in [-0.39, 0.29) is 17.9 Å². The predicted octanol–water partition coefficient (Wildman–Crippen LogP) is 5.96. The van der Waals surface area contributed by atoms with Crippen LogP contribution in [0.15, 0.2) is 80.6 Å².